The molecule has 7 nitrogen and oxygen atoms in total. The number of sulfonamides is 1. The topological polar surface area (TPSA) is 86.8 Å². The summed E-state index contributed by atoms with van der Waals surface area (Å²) in [6, 6.07) is 18.5. The van der Waals surface area contributed by atoms with Crippen molar-refractivity contribution in [3.05, 3.63) is 77.3 Å². The van der Waals surface area contributed by atoms with Gasteiger partial charge in [-0.15, -0.1) is 0 Å². The summed E-state index contributed by atoms with van der Waals surface area (Å²) in [4.78, 5) is 27.3. The van der Waals surface area contributed by atoms with E-state index in [1.165, 1.54) is 18.0 Å². The SMILES string of the molecule is CCNC(=O)[C@@H](C)N(Cc1ccccc1Cl)C(=O)CN(C)S(=O)(=O)c1ccc2ccccc2c1. The second-order valence-corrected chi connectivity index (χ2v) is 10.4. The van der Waals surface area contributed by atoms with E-state index < -0.39 is 28.5 Å². The number of hydrogen-bond acceptors (Lipinski definition) is 4. The van der Waals surface area contributed by atoms with Crippen molar-refractivity contribution in [1.29, 1.82) is 0 Å². The Kier molecular flexibility index (Phi) is 8.30. The number of halogens is 1. The van der Waals surface area contributed by atoms with Crippen molar-refractivity contribution in [3.8, 4) is 0 Å². The van der Waals surface area contributed by atoms with Crippen LogP contribution in [0.4, 0.5) is 0 Å². The molecule has 0 aliphatic carbocycles. The number of hydrogen-bond donors (Lipinski definition) is 1. The van der Waals surface area contributed by atoms with Gasteiger partial charge in [0.1, 0.15) is 6.04 Å². The highest BCUT2D eigenvalue weighted by atomic mass is 35.5. The van der Waals surface area contributed by atoms with Gasteiger partial charge < -0.3 is 10.2 Å². The Labute approximate surface area is 205 Å². The van der Waals surface area contributed by atoms with Gasteiger partial charge in [-0.3, -0.25) is 9.59 Å². The van der Waals surface area contributed by atoms with E-state index in [4.69, 9.17) is 11.6 Å². The van der Waals surface area contributed by atoms with E-state index in [9.17, 15) is 18.0 Å². The van der Waals surface area contributed by atoms with E-state index in [1.807, 2.05) is 24.3 Å². The molecule has 0 heterocycles. The largest absolute Gasteiger partial charge is 0.355 e. The van der Waals surface area contributed by atoms with Crippen LogP contribution in [0.1, 0.15) is 19.4 Å². The van der Waals surface area contributed by atoms with Gasteiger partial charge in [-0.25, -0.2) is 8.42 Å². The molecule has 3 rings (SSSR count). The van der Waals surface area contributed by atoms with Crippen molar-refractivity contribution < 1.29 is 18.0 Å². The number of carbonyl (C=O) groups excluding carboxylic acids is 2. The van der Waals surface area contributed by atoms with Gasteiger partial charge in [-0.1, -0.05) is 60.1 Å². The number of nitrogens with zero attached hydrogens (tertiary/aromatic N) is 2. The fourth-order valence-corrected chi connectivity index (χ4v) is 4.94. The monoisotopic (exact) mass is 501 g/mol. The third-order valence-electron chi connectivity index (χ3n) is 5.60. The summed E-state index contributed by atoms with van der Waals surface area (Å²) in [5.41, 5.74) is 0.661. The zero-order chi connectivity index (χ0) is 24.9. The Morgan fingerprint density at radius 3 is 2.32 bits per heavy atom. The van der Waals surface area contributed by atoms with Crippen LogP contribution in [-0.2, 0) is 26.2 Å². The van der Waals surface area contributed by atoms with Crippen molar-refractivity contribution in [2.45, 2.75) is 31.3 Å². The van der Waals surface area contributed by atoms with Crippen LogP contribution in [0, 0.1) is 0 Å². The van der Waals surface area contributed by atoms with Crippen molar-refractivity contribution >= 4 is 44.2 Å². The summed E-state index contributed by atoms with van der Waals surface area (Å²) < 4.78 is 27.4. The zero-order valence-corrected chi connectivity index (χ0v) is 20.9. The van der Waals surface area contributed by atoms with Crippen LogP contribution in [0.3, 0.4) is 0 Å². The molecule has 1 N–H and O–H groups in total. The fourth-order valence-electron chi connectivity index (χ4n) is 3.59. The number of likely N-dealkylation sites (N-methyl/N-ethyl adjacent to an activating group) is 2. The molecular formula is C25H28ClN3O4S. The maximum atomic E-state index is 13.3. The van der Waals surface area contributed by atoms with Gasteiger partial charge in [0.05, 0.1) is 11.4 Å². The molecule has 0 aliphatic heterocycles. The second-order valence-electron chi connectivity index (χ2n) is 7.95. The molecule has 9 heteroatoms. The molecule has 0 bridgehead atoms. The molecule has 0 saturated heterocycles. The number of amides is 2. The molecule has 2 amide bonds. The Bertz CT molecular complexity index is 1300. The Morgan fingerprint density at radius 2 is 1.65 bits per heavy atom. The first-order valence-corrected chi connectivity index (χ1v) is 12.7. The van der Waals surface area contributed by atoms with E-state index in [1.54, 1.807) is 50.2 Å². The van der Waals surface area contributed by atoms with Gasteiger partial charge in [0.25, 0.3) is 0 Å². The van der Waals surface area contributed by atoms with Crippen LogP contribution in [0.2, 0.25) is 5.02 Å². The third kappa shape index (κ3) is 5.75. The molecule has 34 heavy (non-hydrogen) atoms. The Morgan fingerprint density at radius 1 is 1.00 bits per heavy atom. The molecule has 1 atom stereocenters. The Hall–Kier alpha value is -2.94. The number of carbonyl (C=O) groups is 2. The fraction of sp³-hybridized carbons (Fsp3) is 0.280. The minimum atomic E-state index is -3.94. The molecule has 180 valence electrons. The van der Waals surface area contributed by atoms with Gasteiger partial charge in [0.15, 0.2) is 0 Å². The maximum absolute atomic E-state index is 13.3. The van der Waals surface area contributed by atoms with E-state index >= 15 is 0 Å². The van der Waals surface area contributed by atoms with Gasteiger partial charge in [-0.2, -0.15) is 4.31 Å². The summed E-state index contributed by atoms with van der Waals surface area (Å²) in [6.45, 7) is 3.45. The molecule has 0 radical (unpaired) electrons. The lowest BCUT2D eigenvalue weighted by Gasteiger charge is -2.30. The first-order valence-electron chi connectivity index (χ1n) is 10.9. The maximum Gasteiger partial charge on any atom is 0.243 e. The summed E-state index contributed by atoms with van der Waals surface area (Å²) in [7, 11) is -2.58. The van der Waals surface area contributed by atoms with Gasteiger partial charge in [0, 0.05) is 25.2 Å². The van der Waals surface area contributed by atoms with E-state index in [2.05, 4.69) is 5.32 Å². The van der Waals surface area contributed by atoms with Crippen LogP contribution in [0.15, 0.2) is 71.6 Å². The minimum Gasteiger partial charge on any atom is -0.355 e. The first kappa shape index (κ1) is 25.7. The van der Waals surface area contributed by atoms with Crippen LogP contribution in [0.5, 0.6) is 0 Å². The third-order valence-corrected chi connectivity index (χ3v) is 7.77. The van der Waals surface area contributed by atoms with E-state index in [-0.39, 0.29) is 17.3 Å². The summed E-state index contributed by atoms with van der Waals surface area (Å²) in [6.07, 6.45) is 0. The number of fused-ring (bicyclic) bond motifs is 1. The lowest BCUT2D eigenvalue weighted by atomic mass is 10.1. The van der Waals surface area contributed by atoms with Crippen molar-refractivity contribution in [2.75, 3.05) is 20.1 Å². The molecule has 0 spiro atoms. The van der Waals surface area contributed by atoms with Crippen molar-refractivity contribution in [3.63, 3.8) is 0 Å². The smallest absolute Gasteiger partial charge is 0.243 e. The highest BCUT2D eigenvalue weighted by Gasteiger charge is 2.30. The van der Waals surface area contributed by atoms with Gasteiger partial charge in [-0.05, 0) is 48.4 Å². The summed E-state index contributed by atoms with van der Waals surface area (Å²) in [5, 5.41) is 4.87. The molecule has 0 aliphatic rings. The predicted octanol–water partition coefficient (Wildman–Crippen LogP) is 3.67. The number of nitrogens with one attached hydrogen (secondary N) is 1. The molecule has 0 fully saturated rings. The molecule has 0 unspecified atom stereocenters. The average Bonchev–Trinajstić information content (AvgIpc) is 2.82. The van der Waals surface area contributed by atoms with Crippen molar-refractivity contribution in [1.82, 2.24) is 14.5 Å². The normalized spacial score (nSPS) is 12.5. The average molecular weight is 502 g/mol. The van der Waals surface area contributed by atoms with E-state index in [0.29, 0.717) is 17.1 Å². The Balaban J connectivity index is 1.86. The van der Waals surface area contributed by atoms with Gasteiger partial charge >= 0.3 is 0 Å². The highest BCUT2D eigenvalue weighted by Crippen LogP contribution is 2.22. The van der Waals surface area contributed by atoms with Crippen LogP contribution < -0.4 is 5.32 Å². The molecule has 0 aromatic heterocycles. The van der Waals surface area contributed by atoms with Crippen LogP contribution >= 0.6 is 11.6 Å². The minimum absolute atomic E-state index is 0.0701. The molecular weight excluding hydrogens is 474 g/mol. The van der Waals surface area contributed by atoms with Crippen LogP contribution in [-0.4, -0.2) is 55.6 Å². The first-order chi connectivity index (χ1) is 16.1. The second kappa shape index (κ2) is 11.0. The number of rotatable bonds is 9. The molecule has 3 aromatic carbocycles. The number of benzene rings is 3. The lowest BCUT2D eigenvalue weighted by Crippen LogP contribution is -2.50. The lowest BCUT2D eigenvalue weighted by molar-refractivity contribution is -0.140. The highest BCUT2D eigenvalue weighted by molar-refractivity contribution is 7.89. The summed E-state index contributed by atoms with van der Waals surface area (Å²) in [5.74, 6) is -0.839. The van der Waals surface area contributed by atoms with Crippen LogP contribution in [0.25, 0.3) is 10.8 Å². The van der Waals surface area contributed by atoms with E-state index in [0.717, 1.165) is 15.1 Å². The molecule has 0 saturated carbocycles. The predicted molar refractivity (Wildman–Crippen MR) is 134 cm³/mol. The quantitative estimate of drug-likeness (QED) is 0.484. The standard InChI is InChI=1S/C25H28ClN3O4S/c1-4-27-25(31)18(2)29(16-21-11-7-8-12-23(21)26)24(30)17-28(3)34(32,33)22-14-13-19-9-5-6-10-20(19)15-22/h5-15,18H,4,16-17H2,1-3H3,(H,27,31)/t18-/m1/s1. The summed E-state index contributed by atoms with van der Waals surface area (Å²) >= 11 is 6.28. The zero-order valence-electron chi connectivity index (χ0n) is 19.4. The van der Waals surface area contributed by atoms with Crippen molar-refractivity contribution in [2.24, 2.45) is 0 Å². The molecule has 3 aromatic rings. The van der Waals surface area contributed by atoms with Gasteiger partial charge in [0.2, 0.25) is 21.8 Å².